The van der Waals surface area contributed by atoms with Gasteiger partial charge in [0.25, 0.3) is 0 Å². The highest BCUT2D eigenvalue weighted by atomic mass is 16.5. The van der Waals surface area contributed by atoms with E-state index in [2.05, 4.69) is 11.1 Å². The van der Waals surface area contributed by atoms with Crippen LogP contribution in [0.25, 0.3) is 11.1 Å². The molecule has 7 nitrogen and oxygen atoms in total. The Morgan fingerprint density at radius 1 is 1.41 bits per heavy atom. The fourth-order valence-electron chi connectivity index (χ4n) is 2.82. The van der Waals surface area contributed by atoms with Gasteiger partial charge in [0.15, 0.2) is 0 Å². The molecule has 2 aromatic rings. The van der Waals surface area contributed by atoms with E-state index in [4.69, 9.17) is 20.3 Å². The van der Waals surface area contributed by atoms with Crippen molar-refractivity contribution in [2.75, 3.05) is 19.5 Å². The molecule has 0 aliphatic carbocycles. The number of benzene rings is 1. The molecule has 1 heterocycles. The predicted molar refractivity (Wildman–Crippen MR) is 101 cm³/mol. The van der Waals surface area contributed by atoms with E-state index < -0.39 is 5.97 Å². The summed E-state index contributed by atoms with van der Waals surface area (Å²) in [6.45, 7) is 4.61. The lowest BCUT2D eigenvalue weighted by molar-refractivity contribution is -0.137. The van der Waals surface area contributed by atoms with Crippen molar-refractivity contribution < 1.29 is 19.4 Å². The Kier molecular flexibility index (Phi) is 6.74. The predicted octanol–water partition coefficient (Wildman–Crippen LogP) is 3.33. The maximum absolute atomic E-state index is 11.0. The van der Waals surface area contributed by atoms with Gasteiger partial charge in [-0.05, 0) is 30.7 Å². The van der Waals surface area contributed by atoms with Crippen LogP contribution in [0.2, 0.25) is 0 Å². The molecule has 0 aliphatic rings. The van der Waals surface area contributed by atoms with Gasteiger partial charge < -0.3 is 20.3 Å². The number of aromatic nitrogens is 1. The van der Waals surface area contributed by atoms with Crippen LogP contribution < -0.4 is 10.5 Å². The minimum absolute atomic E-state index is 0.0734. The molecule has 0 fully saturated rings. The monoisotopic (exact) mass is 369 g/mol. The van der Waals surface area contributed by atoms with Crippen molar-refractivity contribution in [3.8, 4) is 22.9 Å². The maximum Gasteiger partial charge on any atom is 0.304 e. The SMILES string of the molecule is CCOCc1cc(-c2cc(C(C)CC(=O)O)nc(N)c2C#N)ccc1OC. The van der Waals surface area contributed by atoms with Crippen molar-refractivity contribution >= 4 is 11.8 Å². The van der Waals surface area contributed by atoms with E-state index in [0.717, 1.165) is 11.1 Å². The van der Waals surface area contributed by atoms with Crippen molar-refractivity contribution in [3.05, 3.63) is 41.1 Å². The highest BCUT2D eigenvalue weighted by Crippen LogP contribution is 2.33. The first-order valence-electron chi connectivity index (χ1n) is 8.58. The minimum Gasteiger partial charge on any atom is -0.496 e. The summed E-state index contributed by atoms with van der Waals surface area (Å²) in [5.74, 6) is -0.480. The highest BCUT2D eigenvalue weighted by molar-refractivity contribution is 5.77. The molecule has 1 atom stereocenters. The summed E-state index contributed by atoms with van der Waals surface area (Å²) in [5, 5.41) is 18.6. The summed E-state index contributed by atoms with van der Waals surface area (Å²) in [6.07, 6.45) is -0.0734. The summed E-state index contributed by atoms with van der Waals surface area (Å²) in [5.41, 5.74) is 8.99. The molecular weight excluding hydrogens is 346 g/mol. The number of nitrogens with zero attached hydrogens (tertiary/aromatic N) is 2. The number of carboxylic acid groups (broad SMARTS) is 1. The summed E-state index contributed by atoms with van der Waals surface area (Å²) in [7, 11) is 1.58. The Hall–Kier alpha value is -3.11. The molecule has 7 heteroatoms. The molecule has 1 aromatic heterocycles. The van der Waals surface area contributed by atoms with E-state index in [1.165, 1.54) is 0 Å². The van der Waals surface area contributed by atoms with Gasteiger partial charge in [-0.3, -0.25) is 4.79 Å². The Balaban J connectivity index is 2.57. The average Bonchev–Trinajstić information content (AvgIpc) is 2.64. The van der Waals surface area contributed by atoms with Gasteiger partial charge >= 0.3 is 5.97 Å². The zero-order valence-corrected chi connectivity index (χ0v) is 15.7. The van der Waals surface area contributed by atoms with Crippen LogP contribution in [0.3, 0.4) is 0 Å². The number of pyridine rings is 1. The van der Waals surface area contributed by atoms with Crippen molar-refractivity contribution in [1.29, 1.82) is 5.26 Å². The van der Waals surface area contributed by atoms with Gasteiger partial charge in [0.1, 0.15) is 23.2 Å². The zero-order valence-electron chi connectivity index (χ0n) is 15.7. The second kappa shape index (κ2) is 9.01. The molecule has 0 aliphatic heterocycles. The third-order valence-corrected chi connectivity index (χ3v) is 4.22. The van der Waals surface area contributed by atoms with Gasteiger partial charge in [0, 0.05) is 29.3 Å². The van der Waals surface area contributed by atoms with Gasteiger partial charge in [-0.15, -0.1) is 0 Å². The quantitative estimate of drug-likeness (QED) is 0.732. The topological polar surface area (TPSA) is 118 Å². The average molecular weight is 369 g/mol. The molecule has 142 valence electrons. The zero-order chi connectivity index (χ0) is 20.0. The second-order valence-electron chi connectivity index (χ2n) is 6.13. The molecule has 0 amide bonds. The number of carboxylic acids is 1. The van der Waals surface area contributed by atoms with E-state index in [9.17, 15) is 10.1 Å². The number of nitrogen functional groups attached to an aromatic ring is 1. The molecule has 3 N–H and O–H groups in total. The number of aliphatic carboxylic acids is 1. The highest BCUT2D eigenvalue weighted by Gasteiger charge is 2.18. The van der Waals surface area contributed by atoms with Gasteiger partial charge in [-0.1, -0.05) is 13.0 Å². The largest absolute Gasteiger partial charge is 0.496 e. The van der Waals surface area contributed by atoms with Gasteiger partial charge in [-0.25, -0.2) is 4.98 Å². The number of carbonyl (C=O) groups is 1. The Morgan fingerprint density at radius 2 is 2.15 bits per heavy atom. The number of hydrogen-bond donors (Lipinski definition) is 2. The first kappa shape index (κ1) is 20.2. The van der Waals surface area contributed by atoms with Crippen molar-refractivity contribution in [2.45, 2.75) is 32.8 Å². The molecule has 0 spiro atoms. The fraction of sp³-hybridized carbons (Fsp3) is 0.350. The number of nitrogens with two attached hydrogens (primary N) is 1. The minimum atomic E-state index is -0.919. The lowest BCUT2D eigenvalue weighted by Crippen LogP contribution is -2.08. The third kappa shape index (κ3) is 4.74. The number of anilines is 1. The van der Waals surface area contributed by atoms with Crippen LogP contribution >= 0.6 is 0 Å². The van der Waals surface area contributed by atoms with E-state index in [1.54, 1.807) is 20.1 Å². The second-order valence-corrected chi connectivity index (χ2v) is 6.13. The van der Waals surface area contributed by atoms with E-state index >= 15 is 0 Å². The van der Waals surface area contributed by atoms with Crippen LogP contribution in [0.1, 0.15) is 43.0 Å². The van der Waals surface area contributed by atoms with Crippen LogP contribution in [0.5, 0.6) is 5.75 Å². The smallest absolute Gasteiger partial charge is 0.304 e. The van der Waals surface area contributed by atoms with Crippen molar-refractivity contribution in [1.82, 2.24) is 4.98 Å². The Labute approximate surface area is 158 Å². The number of ether oxygens (including phenoxy) is 2. The van der Waals surface area contributed by atoms with Crippen LogP contribution in [0.4, 0.5) is 5.82 Å². The molecule has 0 saturated carbocycles. The molecular formula is C20H23N3O4. The lowest BCUT2D eigenvalue weighted by atomic mass is 9.94. The molecule has 1 unspecified atom stereocenters. The fourth-order valence-corrected chi connectivity index (χ4v) is 2.82. The molecule has 2 rings (SSSR count). The van der Waals surface area contributed by atoms with E-state index in [1.807, 2.05) is 25.1 Å². The molecule has 1 aromatic carbocycles. The summed E-state index contributed by atoms with van der Waals surface area (Å²) in [6, 6.07) is 9.35. The van der Waals surface area contributed by atoms with Crippen LogP contribution in [-0.2, 0) is 16.1 Å². The Morgan fingerprint density at radius 3 is 2.74 bits per heavy atom. The third-order valence-electron chi connectivity index (χ3n) is 4.22. The van der Waals surface area contributed by atoms with Crippen molar-refractivity contribution in [2.24, 2.45) is 0 Å². The van der Waals surface area contributed by atoms with Crippen LogP contribution in [0.15, 0.2) is 24.3 Å². The van der Waals surface area contributed by atoms with Crippen molar-refractivity contribution in [3.63, 3.8) is 0 Å². The standard InChI is InChI=1S/C20H23N3O4/c1-4-27-11-14-8-13(5-6-18(14)26-3)15-9-17(12(2)7-19(24)25)23-20(22)16(15)10-21/h5-6,8-9,12H,4,7,11H2,1-3H3,(H2,22,23)(H,24,25). The number of rotatable bonds is 8. The normalized spacial score (nSPS) is 11.6. The Bertz CT molecular complexity index is 874. The maximum atomic E-state index is 11.0. The summed E-state index contributed by atoms with van der Waals surface area (Å²) < 4.78 is 10.9. The van der Waals surface area contributed by atoms with Crippen LogP contribution in [0, 0.1) is 11.3 Å². The van der Waals surface area contributed by atoms with Gasteiger partial charge in [0.2, 0.25) is 0 Å². The molecule has 27 heavy (non-hydrogen) atoms. The first-order chi connectivity index (χ1) is 12.9. The number of nitriles is 1. The molecule has 0 radical (unpaired) electrons. The molecule has 0 bridgehead atoms. The van der Waals surface area contributed by atoms with Gasteiger partial charge in [-0.2, -0.15) is 5.26 Å². The van der Waals surface area contributed by atoms with E-state index in [-0.39, 0.29) is 23.7 Å². The molecule has 0 saturated heterocycles. The first-order valence-corrected chi connectivity index (χ1v) is 8.58. The van der Waals surface area contributed by atoms with Crippen LogP contribution in [-0.4, -0.2) is 29.8 Å². The number of methoxy groups -OCH3 is 1. The van der Waals surface area contributed by atoms with Gasteiger partial charge in [0.05, 0.1) is 20.1 Å². The number of hydrogen-bond acceptors (Lipinski definition) is 6. The summed E-state index contributed by atoms with van der Waals surface area (Å²) >= 11 is 0. The lowest BCUT2D eigenvalue weighted by Gasteiger charge is -2.15. The summed E-state index contributed by atoms with van der Waals surface area (Å²) in [4.78, 5) is 15.3. The van der Waals surface area contributed by atoms with E-state index in [0.29, 0.717) is 30.2 Å².